The Bertz CT molecular complexity index is 534. The molecule has 2 N–H and O–H groups in total. The molecule has 0 fully saturated rings. The van der Waals surface area contributed by atoms with Crippen molar-refractivity contribution in [1.29, 1.82) is 0 Å². The van der Waals surface area contributed by atoms with E-state index in [1.165, 1.54) is 0 Å². The van der Waals surface area contributed by atoms with Crippen LogP contribution < -0.4 is 10.5 Å². The van der Waals surface area contributed by atoms with Crippen LogP contribution in [0.2, 0.25) is 0 Å². The van der Waals surface area contributed by atoms with Gasteiger partial charge >= 0.3 is 0 Å². The predicted molar refractivity (Wildman–Crippen MR) is 67.6 cm³/mol. The smallest absolute Gasteiger partial charge is 0.129 e. The van der Waals surface area contributed by atoms with Crippen LogP contribution in [0.5, 0.6) is 5.75 Å². The van der Waals surface area contributed by atoms with Gasteiger partial charge in [-0.2, -0.15) is 0 Å². The Hall–Kier alpha value is -1.46. The fourth-order valence-corrected chi connectivity index (χ4v) is 2.53. The molecule has 0 saturated heterocycles. The van der Waals surface area contributed by atoms with Crippen molar-refractivity contribution in [2.24, 2.45) is 5.73 Å². The molecule has 0 aliphatic heterocycles. The molecule has 0 atom stereocenters. The van der Waals surface area contributed by atoms with Crippen molar-refractivity contribution in [3.63, 3.8) is 0 Å². The molecule has 1 aromatic heterocycles. The Balaban J connectivity index is 2.08. The van der Waals surface area contributed by atoms with E-state index in [9.17, 15) is 8.78 Å². The molecule has 0 saturated carbocycles. The molecule has 0 amide bonds. The molecule has 0 unspecified atom stereocenters. The van der Waals surface area contributed by atoms with E-state index in [-0.39, 0.29) is 12.4 Å². The molecule has 0 radical (unpaired) electrons. The molecule has 0 aliphatic carbocycles. The van der Waals surface area contributed by atoms with E-state index < -0.39 is 11.6 Å². The van der Waals surface area contributed by atoms with Gasteiger partial charge in [0.1, 0.15) is 24.0 Å². The quantitative estimate of drug-likeness (QED) is 0.923. The first-order valence-electron chi connectivity index (χ1n) is 5.45. The van der Waals surface area contributed by atoms with Crippen molar-refractivity contribution in [3.8, 4) is 5.75 Å². The molecule has 0 spiro atoms. The number of hydrogen-bond acceptors (Lipinski definition) is 3. The fourth-order valence-electron chi connectivity index (χ4n) is 1.60. The lowest BCUT2D eigenvalue weighted by molar-refractivity contribution is 0.302. The normalized spacial score (nSPS) is 10.7. The molecule has 0 bridgehead atoms. The molecule has 2 aromatic rings. The van der Waals surface area contributed by atoms with Crippen LogP contribution in [0.3, 0.4) is 0 Å². The van der Waals surface area contributed by atoms with Gasteiger partial charge < -0.3 is 10.5 Å². The topological polar surface area (TPSA) is 35.2 Å². The number of nitrogens with two attached hydrogens (primary N) is 1. The maximum atomic E-state index is 13.0. The van der Waals surface area contributed by atoms with Crippen molar-refractivity contribution in [2.45, 2.75) is 20.1 Å². The highest BCUT2D eigenvalue weighted by Crippen LogP contribution is 2.23. The molecule has 2 nitrogen and oxygen atoms in total. The monoisotopic (exact) mass is 269 g/mol. The van der Waals surface area contributed by atoms with Crippen LogP contribution in [0, 0.1) is 18.6 Å². The average molecular weight is 269 g/mol. The van der Waals surface area contributed by atoms with Crippen LogP contribution in [0.4, 0.5) is 8.78 Å². The van der Waals surface area contributed by atoms with E-state index in [0.717, 1.165) is 33.5 Å². The molecule has 0 aliphatic rings. The summed E-state index contributed by atoms with van der Waals surface area (Å²) in [7, 11) is 0. The van der Waals surface area contributed by atoms with Gasteiger partial charge in [0.15, 0.2) is 0 Å². The van der Waals surface area contributed by atoms with E-state index in [0.29, 0.717) is 6.54 Å². The minimum Gasteiger partial charge on any atom is -0.489 e. The largest absolute Gasteiger partial charge is 0.489 e. The molecule has 96 valence electrons. The average Bonchev–Trinajstić information content (AvgIpc) is 2.66. The van der Waals surface area contributed by atoms with Gasteiger partial charge in [-0.25, -0.2) is 8.78 Å². The molecule has 2 rings (SSSR count). The molecule has 1 aromatic carbocycles. The standard InChI is InChI=1S/C13H13F2NOS/c1-8-9(2-13(6-16)18-8)7-17-12-4-10(14)3-11(15)5-12/h2-5H,6-7,16H2,1H3. The third kappa shape index (κ3) is 3.05. The number of hydrogen-bond donors (Lipinski definition) is 1. The zero-order valence-electron chi connectivity index (χ0n) is 9.87. The van der Waals surface area contributed by atoms with Gasteiger partial charge in [0.25, 0.3) is 0 Å². The summed E-state index contributed by atoms with van der Waals surface area (Å²) in [5.74, 6) is -1.10. The highest BCUT2D eigenvalue weighted by Gasteiger charge is 2.06. The molecule has 1 heterocycles. The highest BCUT2D eigenvalue weighted by molar-refractivity contribution is 7.12. The summed E-state index contributed by atoms with van der Waals surface area (Å²) < 4.78 is 31.3. The van der Waals surface area contributed by atoms with Crippen LogP contribution in [-0.2, 0) is 13.2 Å². The lowest BCUT2D eigenvalue weighted by atomic mass is 10.2. The lowest BCUT2D eigenvalue weighted by Gasteiger charge is -2.06. The number of rotatable bonds is 4. The summed E-state index contributed by atoms with van der Waals surface area (Å²) in [4.78, 5) is 2.17. The highest BCUT2D eigenvalue weighted by atomic mass is 32.1. The Labute approximate surface area is 108 Å². The minimum atomic E-state index is -0.644. The van der Waals surface area contributed by atoms with Crippen LogP contribution >= 0.6 is 11.3 Å². The maximum absolute atomic E-state index is 13.0. The van der Waals surface area contributed by atoms with Crippen molar-refractivity contribution in [3.05, 3.63) is 51.2 Å². The van der Waals surface area contributed by atoms with Gasteiger partial charge in [-0.3, -0.25) is 0 Å². The Kier molecular flexibility index (Phi) is 3.93. The first-order chi connectivity index (χ1) is 8.58. The van der Waals surface area contributed by atoms with Gasteiger partial charge in [0, 0.05) is 40.1 Å². The van der Waals surface area contributed by atoms with E-state index in [4.69, 9.17) is 10.5 Å². The van der Waals surface area contributed by atoms with E-state index in [2.05, 4.69) is 0 Å². The lowest BCUT2D eigenvalue weighted by Crippen LogP contribution is -1.97. The van der Waals surface area contributed by atoms with E-state index >= 15 is 0 Å². The molecular formula is C13H13F2NOS. The fraction of sp³-hybridized carbons (Fsp3) is 0.231. The van der Waals surface area contributed by atoms with Crippen LogP contribution in [0.15, 0.2) is 24.3 Å². The number of ether oxygens (including phenoxy) is 1. The summed E-state index contributed by atoms with van der Waals surface area (Å²) in [6, 6.07) is 5.09. The summed E-state index contributed by atoms with van der Waals surface area (Å²) in [6.07, 6.45) is 0. The number of thiophene rings is 1. The number of benzene rings is 1. The molecular weight excluding hydrogens is 256 g/mol. The first-order valence-corrected chi connectivity index (χ1v) is 6.27. The third-order valence-electron chi connectivity index (χ3n) is 2.50. The van der Waals surface area contributed by atoms with Crippen LogP contribution in [0.1, 0.15) is 15.3 Å². The second-order valence-corrected chi connectivity index (χ2v) is 5.23. The predicted octanol–water partition coefficient (Wildman–Crippen LogP) is 3.37. The number of halogens is 2. The summed E-state index contributed by atoms with van der Waals surface area (Å²) in [5.41, 5.74) is 6.54. The third-order valence-corrected chi connectivity index (χ3v) is 3.62. The molecule has 18 heavy (non-hydrogen) atoms. The minimum absolute atomic E-state index is 0.187. The van der Waals surface area contributed by atoms with Gasteiger partial charge in [-0.05, 0) is 13.0 Å². The van der Waals surface area contributed by atoms with Crippen molar-refractivity contribution in [1.82, 2.24) is 0 Å². The Morgan fingerprint density at radius 3 is 2.39 bits per heavy atom. The second-order valence-electron chi connectivity index (χ2n) is 3.89. The van der Waals surface area contributed by atoms with Crippen molar-refractivity contribution in [2.75, 3.05) is 0 Å². The van der Waals surface area contributed by atoms with Crippen LogP contribution in [0.25, 0.3) is 0 Å². The second kappa shape index (κ2) is 5.46. The van der Waals surface area contributed by atoms with Gasteiger partial charge in [-0.15, -0.1) is 11.3 Å². The van der Waals surface area contributed by atoms with E-state index in [1.807, 2.05) is 13.0 Å². The summed E-state index contributed by atoms with van der Waals surface area (Å²) >= 11 is 1.60. The summed E-state index contributed by atoms with van der Waals surface area (Å²) in [6.45, 7) is 2.74. The zero-order chi connectivity index (χ0) is 13.1. The zero-order valence-corrected chi connectivity index (χ0v) is 10.7. The van der Waals surface area contributed by atoms with Crippen molar-refractivity contribution >= 4 is 11.3 Å². The van der Waals surface area contributed by atoms with Gasteiger partial charge in [-0.1, -0.05) is 0 Å². The maximum Gasteiger partial charge on any atom is 0.129 e. The van der Waals surface area contributed by atoms with E-state index in [1.54, 1.807) is 11.3 Å². The van der Waals surface area contributed by atoms with Crippen molar-refractivity contribution < 1.29 is 13.5 Å². The van der Waals surface area contributed by atoms with Gasteiger partial charge in [0.2, 0.25) is 0 Å². The first kappa shape index (κ1) is 13.0. The van der Waals surface area contributed by atoms with Crippen LogP contribution in [-0.4, -0.2) is 0 Å². The molecule has 5 heteroatoms. The Morgan fingerprint density at radius 2 is 1.83 bits per heavy atom. The number of aryl methyl sites for hydroxylation is 1. The van der Waals surface area contributed by atoms with Gasteiger partial charge in [0.05, 0.1) is 0 Å². The SMILES string of the molecule is Cc1sc(CN)cc1COc1cc(F)cc(F)c1. The Morgan fingerprint density at radius 1 is 1.17 bits per heavy atom. The summed E-state index contributed by atoms with van der Waals surface area (Å²) in [5, 5.41) is 0.